The Hall–Kier alpha value is -5.59. The van der Waals surface area contributed by atoms with Gasteiger partial charge in [0.05, 0.1) is 54.8 Å². The Labute approximate surface area is 396 Å². The molecule has 6 aromatic carbocycles. The number of nitrogens with zero attached hydrogens (tertiary/aromatic N) is 2. The van der Waals surface area contributed by atoms with E-state index in [4.69, 9.17) is 20.0 Å². The Bertz CT molecular complexity index is 2520. The van der Waals surface area contributed by atoms with Crippen LogP contribution in [0.2, 0.25) is 0 Å². The Morgan fingerprint density at radius 1 is 0.606 bits per heavy atom. The van der Waals surface area contributed by atoms with Crippen molar-refractivity contribution in [3.8, 4) is 34.4 Å². The fraction of sp³-hybridized carbons (Fsp3) is 0.321. The van der Waals surface area contributed by atoms with Gasteiger partial charge in [0.1, 0.15) is 0 Å². The first-order valence-electron chi connectivity index (χ1n) is 22.7. The number of benzene rings is 6. The predicted molar refractivity (Wildman–Crippen MR) is 262 cm³/mol. The third kappa shape index (κ3) is 13.1. The molecule has 2 aliphatic heterocycles. The van der Waals surface area contributed by atoms with Gasteiger partial charge in [-0.3, -0.25) is 0 Å². The van der Waals surface area contributed by atoms with Crippen molar-refractivity contribution in [1.29, 1.82) is 10.5 Å². The summed E-state index contributed by atoms with van der Waals surface area (Å²) >= 11 is 3.64. The summed E-state index contributed by atoms with van der Waals surface area (Å²) in [6, 6.07) is 49.9. The van der Waals surface area contributed by atoms with Crippen molar-refractivity contribution in [3.63, 3.8) is 0 Å². The van der Waals surface area contributed by atoms with Crippen LogP contribution in [0.4, 0.5) is 13.2 Å². The Morgan fingerprint density at radius 2 is 1.08 bits per heavy atom. The molecule has 8 rings (SSSR count). The first kappa shape index (κ1) is 49.8. The molecule has 0 spiro atoms. The molecule has 2 N–H and O–H groups in total. The number of hydrogen-bond donors (Lipinski definition) is 2. The number of piperidine rings is 2. The summed E-state index contributed by atoms with van der Waals surface area (Å²) in [5.41, 5.74) is 7.81. The molecule has 1 atom stereocenters. The molecule has 2 aliphatic rings. The monoisotopic (exact) mass is 954 g/mol. The van der Waals surface area contributed by atoms with Crippen molar-refractivity contribution in [2.45, 2.75) is 76.2 Å². The number of ether oxygens (including phenoxy) is 2. The van der Waals surface area contributed by atoms with Gasteiger partial charge in [-0.15, -0.1) is 0 Å². The maximum atomic E-state index is 13.7. The average molecular weight is 956 g/mol. The topological polar surface area (TPSA) is 90.1 Å². The maximum absolute atomic E-state index is 13.7. The van der Waals surface area contributed by atoms with E-state index >= 15 is 0 Å². The standard InChI is InChI=1S/C28H27F3N2O.C26H25BrN2O.C2H6/c1-20(34-19-27(11-13-33-14-12-27)25-5-3-2-4-6-25)23-15-24(17-26(16-23)28(29,30)31)22-9-7-21(18-32)8-10-22;27-25-15-21(14-23(16-25)22-8-6-20(17-28)7-9-22)18-30-19-26(10-12-29-13-11-26)24-4-2-1-3-5-24;1-2/h2-10,15-17,20,33H,11-14,19H2,1H3;1-9,14-16,29H,10-13,18-19H2;1-2H3/t20-;;/m1../s1. The van der Waals surface area contributed by atoms with Crippen molar-refractivity contribution in [3.05, 3.63) is 189 Å². The number of nitrogens with one attached hydrogen (secondary N) is 2. The molecule has 0 amide bonds. The largest absolute Gasteiger partial charge is 0.416 e. The minimum atomic E-state index is -4.47. The van der Waals surface area contributed by atoms with E-state index in [9.17, 15) is 13.2 Å². The highest BCUT2D eigenvalue weighted by Gasteiger charge is 2.36. The number of rotatable bonds is 12. The summed E-state index contributed by atoms with van der Waals surface area (Å²) in [7, 11) is 0. The van der Waals surface area contributed by atoms with Crippen LogP contribution in [0.1, 0.15) is 91.5 Å². The third-order valence-electron chi connectivity index (χ3n) is 12.6. The summed E-state index contributed by atoms with van der Waals surface area (Å²) in [5, 5.41) is 24.9. The zero-order valence-electron chi connectivity index (χ0n) is 37.9. The first-order valence-corrected chi connectivity index (χ1v) is 23.5. The number of hydrogen-bond acceptors (Lipinski definition) is 6. The SMILES string of the molecule is CC.C[C@@H](OCC1(c2ccccc2)CCNCC1)c1cc(-c2ccc(C#N)cc2)cc(C(F)(F)F)c1.N#Cc1ccc(-c2cc(Br)cc(COCC3(c4ccccc4)CCNCC3)c2)cc1. The molecular weight excluding hydrogens is 898 g/mol. The fourth-order valence-electron chi connectivity index (χ4n) is 8.76. The quantitative estimate of drug-likeness (QED) is 0.127. The molecule has 0 saturated carbocycles. The Morgan fingerprint density at radius 3 is 1.55 bits per heavy atom. The van der Waals surface area contributed by atoms with Crippen LogP contribution >= 0.6 is 15.9 Å². The van der Waals surface area contributed by atoms with Crippen molar-refractivity contribution >= 4 is 15.9 Å². The minimum absolute atomic E-state index is 0.0779. The molecule has 0 unspecified atom stereocenters. The van der Waals surface area contributed by atoms with Gasteiger partial charge >= 0.3 is 6.18 Å². The van der Waals surface area contributed by atoms with Gasteiger partial charge in [-0.1, -0.05) is 115 Å². The first-order chi connectivity index (χ1) is 32.0. The second-order valence-electron chi connectivity index (χ2n) is 16.8. The smallest absolute Gasteiger partial charge is 0.376 e. The zero-order chi connectivity index (χ0) is 47.0. The van der Waals surface area contributed by atoms with Gasteiger partial charge in [-0.25, -0.2) is 0 Å². The van der Waals surface area contributed by atoms with Gasteiger partial charge in [0, 0.05) is 15.3 Å². The average Bonchev–Trinajstić information content (AvgIpc) is 3.37. The van der Waals surface area contributed by atoms with E-state index in [1.165, 1.54) is 17.2 Å². The van der Waals surface area contributed by atoms with Crippen LogP contribution < -0.4 is 10.6 Å². The highest BCUT2D eigenvalue weighted by molar-refractivity contribution is 9.10. The molecule has 0 aromatic heterocycles. The van der Waals surface area contributed by atoms with E-state index in [1.54, 1.807) is 37.3 Å². The van der Waals surface area contributed by atoms with Gasteiger partial charge in [-0.2, -0.15) is 23.7 Å². The van der Waals surface area contributed by atoms with Crippen LogP contribution in [0.3, 0.4) is 0 Å². The van der Waals surface area contributed by atoms with Crippen LogP contribution in [-0.4, -0.2) is 39.4 Å². The van der Waals surface area contributed by atoms with E-state index in [2.05, 4.69) is 93.3 Å². The molecular formula is C56H58BrF3N4O2. The second kappa shape index (κ2) is 23.7. The molecule has 342 valence electrons. The lowest BCUT2D eigenvalue weighted by Crippen LogP contribution is -2.43. The van der Waals surface area contributed by atoms with Gasteiger partial charge in [-0.05, 0) is 164 Å². The van der Waals surface area contributed by atoms with Crippen molar-refractivity contribution in [1.82, 2.24) is 10.6 Å². The summed E-state index contributed by atoms with van der Waals surface area (Å²) in [6.07, 6.45) is -1.00. The molecule has 10 heteroatoms. The second-order valence-corrected chi connectivity index (χ2v) is 17.7. The molecule has 66 heavy (non-hydrogen) atoms. The van der Waals surface area contributed by atoms with Crippen LogP contribution in [0.15, 0.2) is 150 Å². The molecule has 0 bridgehead atoms. The summed E-state index contributed by atoms with van der Waals surface area (Å²) in [6.45, 7) is 11.3. The summed E-state index contributed by atoms with van der Waals surface area (Å²) in [5.74, 6) is 0. The summed E-state index contributed by atoms with van der Waals surface area (Å²) in [4.78, 5) is 0. The van der Waals surface area contributed by atoms with Crippen molar-refractivity contribution in [2.75, 3.05) is 39.4 Å². The predicted octanol–water partition coefficient (Wildman–Crippen LogP) is 13.5. The van der Waals surface area contributed by atoms with Crippen molar-refractivity contribution in [2.24, 2.45) is 0 Å². The lowest BCUT2D eigenvalue weighted by atomic mass is 9.74. The third-order valence-corrected chi connectivity index (χ3v) is 13.0. The number of alkyl halides is 3. The van der Waals surface area contributed by atoms with Crippen molar-refractivity contribution < 1.29 is 22.6 Å². The van der Waals surface area contributed by atoms with Crippen LogP contribution in [0, 0.1) is 22.7 Å². The van der Waals surface area contributed by atoms with Crippen LogP contribution in [0.25, 0.3) is 22.3 Å². The molecule has 6 nitrogen and oxygen atoms in total. The number of halogens is 4. The molecule has 0 aliphatic carbocycles. The van der Waals surface area contributed by atoms with Crippen LogP contribution in [0.5, 0.6) is 0 Å². The van der Waals surface area contributed by atoms with E-state index in [0.29, 0.717) is 41.0 Å². The van der Waals surface area contributed by atoms with Gasteiger partial charge < -0.3 is 20.1 Å². The minimum Gasteiger partial charge on any atom is -0.376 e. The summed E-state index contributed by atoms with van der Waals surface area (Å²) < 4.78 is 54.8. The van der Waals surface area contributed by atoms with E-state index in [1.807, 2.05) is 62.4 Å². The van der Waals surface area contributed by atoms with Gasteiger partial charge in [0.15, 0.2) is 0 Å². The van der Waals surface area contributed by atoms with E-state index in [0.717, 1.165) is 85.7 Å². The molecule has 2 fully saturated rings. The normalized spacial score (nSPS) is 15.7. The lowest BCUT2D eigenvalue weighted by molar-refractivity contribution is -0.137. The Balaban J connectivity index is 0.000000212. The van der Waals surface area contributed by atoms with E-state index < -0.39 is 17.8 Å². The fourth-order valence-corrected chi connectivity index (χ4v) is 9.30. The van der Waals surface area contributed by atoms with Crippen LogP contribution in [-0.2, 0) is 33.1 Å². The molecule has 2 heterocycles. The number of nitriles is 2. The van der Waals surface area contributed by atoms with Gasteiger partial charge in [0.2, 0.25) is 0 Å². The maximum Gasteiger partial charge on any atom is 0.416 e. The lowest BCUT2D eigenvalue weighted by Gasteiger charge is -2.38. The highest BCUT2D eigenvalue weighted by atomic mass is 79.9. The molecule has 6 aromatic rings. The van der Waals surface area contributed by atoms with Gasteiger partial charge in [0.25, 0.3) is 0 Å². The van der Waals surface area contributed by atoms with E-state index in [-0.39, 0.29) is 10.8 Å². The molecule has 2 saturated heterocycles. The Kier molecular flexibility index (Phi) is 17.9. The highest BCUT2D eigenvalue weighted by Crippen LogP contribution is 2.39. The zero-order valence-corrected chi connectivity index (χ0v) is 39.5. The molecule has 0 radical (unpaired) electrons.